The van der Waals surface area contributed by atoms with Gasteiger partial charge < -0.3 is 0 Å². The molecule has 0 fully saturated rings. The molecule has 0 nitrogen and oxygen atoms in total. The van der Waals surface area contributed by atoms with E-state index >= 15 is 0 Å². The van der Waals surface area contributed by atoms with Crippen LogP contribution in [0.5, 0.6) is 0 Å². The van der Waals surface area contributed by atoms with E-state index in [4.69, 9.17) is 0 Å². The lowest BCUT2D eigenvalue weighted by molar-refractivity contribution is 0.980. The first kappa shape index (κ1) is 11.9. The Balaban J connectivity index is 2.07. The summed E-state index contributed by atoms with van der Waals surface area (Å²) in [5, 5.41) is 2.14. The van der Waals surface area contributed by atoms with E-state index < -0.39 is 0 Å². The van der Waals surface area contributed by atoms with Crippen molar-refractivity contribution in [2.75, 3.05) is 0 Å². The van der Waals surface area contributed by atoms with Crippen LogP contribution in [0.3, 0.4) is 0 Å². The molecule has 1 heterocycles. The van der Waals surface area contributed by atoms with Gasteiger partial charge in [-0.05, 0) is 29.9 Å². The largest absolute Gasteiger partial charge is 0.149 e. The Morgan fingerprint density at radius 1 is 0.647 bits per heavy atom. The Morgan fingerprint density at radius 3 is 2.18 bits per heavy atom. The highest BCUT2D eigenvalue weighted by molar-refractivity contribution is 7.09. The average Bonchev–Trinajstić information content (AvgIpc) is 2.51. The second-order valence-electron chi connectivity index (χ2n) is 3.83. The molecule has 0 amide bonds. The molecular formula is C16H16S. The van der Waals surface area contributed by atoms with E-state index in [-0.39, 0.29) is 0 Å². The van der Waals surface area contributed by atoms with Crippen LogP contribution in [0.15, 0.2) is 72.1 Å². The van der Waals surface area contributed by atoms with E-state index in [1.807, 2.05) is 17.4 Å². The third-order valence-electron chi connectivity index (χ3n) is 2.53. The first-order valence-electron chi connectivity index (χ1n) is 5.85. The minimum absolute atomic E-state index is 1.10. The molecule has 2 rings (SSSR count). The maximum atomic E-state index is 2.20. The second-order valence-corrected chi connectivity index (χ2v) is 4.87. The van der Waals surface area contributed by atoms with Crippen LogP contribution < -0.4 is 0 Å². The van der Waals surface area contributed by atoms with Crippen LogP contribution in [0.1, 0.15) is 10.4 Å². The zero-order valence-electron chi connectivity index (χ0n) is 9.75. The van der Waals surface area contributed by atoms with Gasteiger partial charge in [-0.15, -0.1) is 11.3 Å². The highest BCUT2D eigenvalue weighted by atomic mass is 32.1. The zero-order chi connectivity index (χ0) is 11.8. The van der Waals surface area contributed by atoms with Crippen LogP contribution in [0.2, 0.25) is 0 Å². The third kappa shape index (κ3) is 4.41. The molecule has 0 saturated carbocycles. The standard InChI is InChI=1S/C16H16S/c1-2-7-11-16(17-14-8-3-1)13-12-15-9-5-4-6-10-15/h1-11,14H,12-13H2. The molecule has 1 heteroatoms. The fourth-order valence-corrected chi connectivity index (χ4v) is 2.34. The van der Waals surface area contributed by atoms with Gasteiger partial charge in [0.25, 0.3) is 0 Å². The van der Waals surface area contributed by atoms with Crippen molar-refractivity contribution in [1.29, 1.82) is 0 Å². The molecule has 0 radical (unpaired) electrons. The number of rotatable bonds is 3. The summed E-state index contributed by atoms with van der Waals surface area (Å²) >= 11 is 1.81. The maximum Gasteiger partial charge on any atom is 0.00482 e. The minimum atomic E-state index is 1.10. The molecule has 0 N–H and O–H groups in total. The molecule has 0 aliphatic heterocycles. The Kier molecular flexibility index (Phi) is 4.80. The van der Waals surface area contributed by atoms with Gasteiger partial charge in [0.15, 0.2) is 0 Å². The highest BCUT2D eigenvalue weighted by Crippen LogP contribution is 2.09. The summed E-state index contributed by atoms with van der Waals surface area (Å²) in [6.45, 7) is 0. The van der Waals surface area contributed by atoms with Crippen molar-refractivity contribution in [3.8, 4) is 0 Å². The molecule has 0 spiro atoms. The second kappa shape index (κ2) is 6.87. The lowest BCUT2D eigenvalue weighted by Crippen LogP contribution is -1.87. The molecule has 0 unspecified atom stereocenters. The van der Waals surface area contributed by atoms with Gasteiger partial charge in [-0.25, -0.2) is 0 Å². The minimum Gasteiger partial charge on any atom is -0.149 e. The Labute approximate surface area is 107 Å². The van der Waals surface area contributed by atoms with Crippen LogP contribution in [0.4, 0.5) is 0 Å². The summed E-state index contributed by atoms with van der Waals surface area (Å²) in [4.78, 5) is 1.41. The summed E-state index contributed by atoms with van der Waals surface area (Å²) in [5.74, 6) is 0. The molecule has 0 aliphatic carbocycles. The number of hydrogen-bond donors (Lipinski definition) is 0. The van der Waals surface area contributed by atoms with Crippen molar-refractivity contribution in [3.05, 3.63) is 82.6 Å². The summed E-state index contributed by atoms with van der Waals surface area (Å²) in [6, 6.07) is 23.2. The van der Waals surface area contributed by atoms with Gasteiger partial charge in [0.05, 0.1) is 0 Å². The smallest absolute Gasteiger partial charge is 0.00482 e. The average molecular weight is 240 g/mol. The van der Waals surface area contributed by atoms with Crippen LogP contribution >= 0.6 is 11.3 Å². The SMILES string of the molecule is c1cccsc(CCc2ccccc2)ccc1. The van der Waals surface area contributed by atoms with Gasteiger partial charge in [-0.2, -0.15) is 0 Å². The van der Waals surface area contributed by atoms with Crippen molar-refractivity contribution in [1.82, 2.24) is 0 Å². The first-order valence-corrected chi connectivity index (χ1v) is 6.73. The zero-order valence-corrected chi connectivity index (χ0v) is 10.6. The summed E-state index contributed by atoms with van der Waals surface area (Å²) in [7, 11) is 0. The monoisotopic (exact) mass is 240 g/mol. The highest BCUT2D eigenvalue weighted by Gasteiger charge is 1.93. The number of benzene rings is 1. The molecular weight excluding hydrogens is 224 g/mol. The van der Waals surface area contributed by atoms with Crippen molar-refractivity contribution in [2.24, 2.45) is 0 Å². The van der Waals surface area contributed by atoms with E-state index in [1.165, 1.54) is 10.4 Å². The van der Waals surface area contributed by atoms with E-state index in [2.05, 4.69) is 66.0 Å². The van der Waals surface area contributed by atoms with Gasteiger partial charge >= 0.3 is 0 Å². The maximum absolute atomic E-state index is 2.20. The molecule has 0 bridgehead atoms. The van der Waals surface area contributed by atoms with Crippen LogP contribution in [-0.4, -0.2) is 0 Å². The Morgan fingerprint density at radius 2 is 1.29 bits per heavy atom. The summed E-state index contributed by atoms with van der Waals surface area (Å²) < 4.78 is 0. The van der Waals surface area contributed by atoms with Crippen molar-refractivity contribution >= 4 is 11.3 Å². The fraction of sp³-hybridized carbons (Fsp3) is 0.125. The summed E-state index contributed by atoms with van der Waals surface area (Å²) in [5.41, 5.74) is 1.40. The lowest BCUT2D eigenvalue weighted by Gasteiger charge is -1.99. The Hall–Kier alpha value is -1.60. The quantitative estimate of drug-likeness (QED) is 0.732. The van der Waals surface area contributed by atoms with Crippen molar-refractivity contribution in [3.63, 3.8) is 0 Å². The molecule has 2 aromatic rings. The van der Waals surface area contributed by atoms with Gasteiger partial charge in [0, 0.05) is 4.88 Å². The van der Waals surface area contributed by atoms with Crippen LogP contribution in [0.25, 0.3) is 0 Å². The molecule has 86 valence electrons. The number of aryl methyl sites for hydroxylation is 2. The third-order valence-corrected chi connectivity index (χ3v) is 3.46. The van der Waals surface area contributed by atoms with Crippen molar-refractivity contribution in [2.45, 2.75) is 12.8 Å². The predicted molar refractivity (Wildman–Crippen MR) is 75.8 cm³/mol. The van der Waals surface area contributed by atoms with Crippen LogP contribution in [0, 0.1) is 0 Å². The van der Waals surface area contributed by atoms with Crippen LogP contribution in [-0.2, 0) is 12.8 Å². The summed E-state index contributed by atoms with van der Waals surface area (Å²) in [6.07, 6.45) is 2.21. The lowest BCUT2D eigenvalue weighted by atomic mass is 10.1. The molecule has 17 heavy (non-hydrogen) atoms. The molecule has 1 aromatic carbocycles. The predicted octanol–water partition coefficient (Wildman–Crippen LogP) is 4.66. The van der Waals surface area contributed by atoms with E-state index in [1.54, 1.807) is 0 Å². The molecule has 0 saturated heterocycles. The molecule has 1 aromatic heterocycles. The number of hydrogen-bond acceptors (Lipinski definition) is 1. The van der Waals surface area contributed by atoms with E-state index in [0.29, 0.717) is 0 Å². The van der Waals surface area contributed by atoms with Gasteiger partial charge in [-0.3, -0.25) is 0 Å². The van der Waals surface area contributed by atoms with Crippen molar-refractivity contribution < 1.29 is 0 Å². The molecule has 0 atom stereocenters. The first-order chi connectivity index (χ1) is 8.45. The normalized spacial score (nSPS) is 9.65. The fourth-order valence-electron chi connectivity index (χ4n) is 1.62. The van der Waals surface area contributed by atoms with Gasteiger partial charge in [-0.1, -0.05) is 60.7 Å². The Bertz CT molecular complexity index is 460. The topological polar surface area (TPSA) is 0 Å². The van der Waals surface area contributed by atoms with Gasteiger partial charge in [0.2, 0.25) is 0 Å². The van der Waals surface area contributed by atoms with E-state index in [9.17, 15) is 0 Å². The van der Waals surface area contributed by atoms with E-state index in [0.717, 1.165) is 12.8 Å². The molecule has 0 aliphatic rings. The van der Waals surface area contributed by atoms with Gasteiger partial charge in [0.1, 0.15) is 0 Å².